The first kappa shape index (κ1) is 32.2. The number of carboxylic acid groups (broad SMARTS) is 1. The van der Waals surface area contributed by atoms with E-state index >= 15 is 0 Å². The molecule has 0 aromatic heterocycles. The lowest BCUT2D eigenvalue weighted by Gasteiger charge is -2.51. The summed E-state index contributed by atoms with van der Waals surface area (Å²) in [5.41, 5.74) is 0.646. The molecule has 2 saturated heterocycles. The highest BCUT2D eigenvalue weighted by Gasteiger charge is 2.58. The molecule has 0 spiro atoms. The fourth-order valence-corrected chi connectivity index (χ4v) is 11.9. The largest absolute Gasteiger partial charge is 0.477 e. The number of aliphatic carboxylic acids is 1. The average molecular weight is 601 g/mol. The molecule has 0 radical (unpaired) electrons. The predicted octanol–water partition coefficient (Wildman–Crippen LogP) is 5.02. The van der Waals surface area contributed by atoms with Gasteiger partial charge in [0.15, 0.2) is 5.78 Å². The molecule has 3 amide bonds. The summed E-state index contributed by atoms with van der Waals surface area (Å²) in [5.74, 6) is -2.83. The molecular weight excluding hydrogens is 555 g/mol. The van der Waals surface area contributed by atoms with Gasteiger partial charge in [0, 0.05) is 13.0 Å². The van der Waals surface area contributed by atoms with Crippen LogP contribution in [-0.4, -0.2) is 93.1 Å². The minimum absolute atomic E-state index is 0.0794. The van der Waals surface area contributed by atoms with Crippen LogP contribution in [0.4, 0.5) is 0 Å². The van der Waals surface area contributed by atoms with Gasteiger partial charge in [-0.15, -0.1) is 0 Å². The van der Waals surface area contributed by atoms with Crippen LogP contribution in [-0.2, 0) is 19.1 Å². The van der Waals surface area contributed by atoms with Gasteiger partial charge in [-0.05, 0) is 69.1 Å². The molecule has 10 heteroatoms. The lowest BCUT2D eigenvalue weighted by molar-refractivity contribution is -0.150. The minimum atomic E-state index is -2.30. The van der Waals surface area contributed by atoms with Crippen LogP contribution in [0.25, 0.3) is 0 Å². The third kappa shape index (κ3) is 6.14. The monoisotopic (exact) mass is 600 g/mol. The number of nitrogens with zero attached hydrogens (tertiary/aromatic N) is 2. The van der Waals surface area contributed by atoms with E-state index in [0.717, 1.165) is 68.3 Å². The first-order valence-corrected chi connectivity index (χ1v) is 18.0. The van der Waals surface area contributed by atoms with Gasteiger partial charge in [0.25, 0.3) is 17.7 Å². The number of carboxylic acids is 1. The van der Waals surface area contributed by atoms with Gasteiger partial charge in [-0.2, -0.15) is 0 Å². The van der Waals surface area contributed by atoms with Gasteiger partial charge in [-0.3, -0.25) is 29.0 Å². The molecule has 1 N–H and O–H groups in total. The molecule has 1 aromatic carbocycles. The van der Waals surface area contributed by atoms with Crippen molar-refractivity contribution >= 4 is 41.8 Å². The lowest BCUT2D eigenvalue weighted by Crippen LogP contribution is -2.74. The SMILES string of the molecule is CCCCP(CCCC)(CCCC)=C(C(=O)O)N1C(=O)[C@@H](N2C(=O)c3ccccc3C2=O)[C@H]1CCC(=O)[C@@H]1CCCO1. The van der Waals surface area contributed by atoms with E-state index in [4.69, 9.17) is 4.74 Å². The molecule has 3 atom stereocenters. The van der Waals surface area contributed by atoms with Crippen LogP contribution in [0, 0.1) is 0 Å². The zero-order chi connectivity index (χ0) is 30.4. The van der Waals surface area contributed by atoms with Gasteiger partial charge in [0.1, 0.15) is 17.6 Å². The number of hydrogen-bond donors (Lipinski definition) is 1. The fraction of sp³-hybridized carbons (Fsp3) is 0.625. The highest BCUT2D eigenvalue weighted by molar-refractivity contribution is 7.77. The second-order valence-corrected chi connectivity index (χ2v) is 15.8. The number of rotatable bonds is 16. The predicted molar refractivity (Wildman–Crippen MR) is 163 cm³/mol. The lowest BCUT2D eigenvalue weighted by atomic mass is 9.88. The molecule has 0 unspecified atom stereocenters. The number of imide groups is 1. The number of β-lactam (4-membered cyclic amide) rings is 1. The molecule has 3 heterocycles. The molecule has 4 rings (SSSR count). The quantitative estimate of drug-likeness (QED) is 0.161. The molecule has 3 aliphatic heterocycles. The molecule has 9 nitrogen and oxygen atoms in total. The standard InChI is InChI=1S/C32H45N2O7P/c1-4-7-19-42(20-8-5-2,21-9-6-3)31(32(39)40)33-24(16-17-25(35)26-15-12-18-41-26)27(30(33)38)34-28(36)22-13-10-11-14-23(22)29(34)37/h10-11,13-14,24,26-27H,4-9,12,15-21H2,1-3H3,(H,39,40)/t24-,26+,27+/m1/s1. The molecule has 3 aliphatic rings. The molecule has 1 aromatic rings. The Morgan fingerprint density at radius 3 is 1.93 bits per heavy atom. The average Bonchev–Trinajstić information content (AvgIpc) is 3.61. The third-order valence-electron chi connectivity index (χ3n) is 8.95. The Balaban J connectivity index is 1.79. The molecule has 0 bridgehead atoms. The number of benzene rings is 1. The molecule has 230 valence electrons. The van der Waals surface area contributed by atoms with Gasteiger partial charge < -0.3 is 9.84 Å². The molecule has 0 aliphatic carbocycles. The van der Waals surface area contributed by atoms with E-state index in [2.05, 4.69) is 20.8 Å². The van der Waals surface area contributed by atoms with Crippen molar-refractivity contribution in [3.8, 4) is 0 Å². The number of fused-ring (bicyclic) bond motifs is 1. The topological polar surface area (TPSA) is 121 Å². The number of unbranched alkanes of at least 4 members (excludes halogenated alkanes) is 3. The first-order chi connectivity index (χ1) is 20.2. The summed E-state index contributed by atoms with van der Waals surface area (Å²) in [7, 11) is 0. The summed E-state index contributed by atoms with van der Waals surface area (Å²) >= 11 is 0. The van der Waals surface area contributed by atoms with Gasteiger partial charge in [-0.1, -0.05) is 59.1 Å². The normalized spacial score (nSPS) is 22.0. The van der Waals surface area contributed by atoms with Crippen LogP contribution < -0.4 is 0 Å². The summed E-state index contributed by atoms with van der Waals surface area (Å²) in [4.78, 5) is 69.7. The highest BCUT2D eigenvalue weighted by atomic mass is 31.2. The Kier molecular flexibility index (Phi) is 10.8. The molecule has 42 heavy (non-hydrogen) atoms. The number of ether oxygens (including phenoxy) is 1. The van der Waals surface area contributed by atoms with Gasteiger partial charge in [0.2, 0.25) is 0 Å². The maximum absolute atomic E-state index is 14.1. The van der Waals surface area contributed by atoms with Crippen LogP contribution in [0.1, 0.15) is 106 Å². The summed E-state index contributed by atoms with van der Waals surface area (Å²) in [5, 5.41) is 10.8. The third-order valence-corrected chi connectivity index (χ3v) is 13.8. The van der Waals surface area contributed by atoms with Crippen LogP contribution in [0.2, 0.25) is 0 Å². The van der Waals surface area contributed by atoms with Crippen LogP contribution in [0.15, 0.2) is 24.3 Å². The number of Topliss-reactive ketones (excluding diaryl/α,β-unsaturated/α-hetero) is 1. The van der Waals surface area contributed by atoms with Crippen LogP contribution in [0.3, 0.4) is 0 Å². The van der Waals surface area contributed by atoms with Crippen LogP contribution >= 0.6 is 6.89 Å². The van der Waals surface area contributed by atoms with Gasteiger partial charge in [-0.25, -0.2) is 4.79 Å². The first-order valence-electron chi connectivity index (χ1n) is 15.6. The molecule has 2 fully saturated rings. The van der Waals surface area contributed by atoms with E-state index in [1.165, 1.54) is 4.90 Å². The number of hydrogen-bond acceptors (Lipinski definition) is 6. The summed E-state index contributed by atoms with van der Waals surface area (Å²) < 4.78 is 5.58. The van der Waals surface area contributed by atoms with Crippen molar-refractivity contribution in [2.24, 2.45) is 0 Å². The van der Waals surface area contributed by atoms with Crippen molar-refractivity contribution in [1.29, 1.82) is 0 Å². The number of likely N-dealkylation sites (tertiary alicyclic amines) is 1. The van der Waals surface area contributed by atoms with Crippen molar-refractivity contribution in [3.63, 3.8) is 0 Å². The van der Waals surface area contributed by atoms with Crippen molar-refractivity contribution in [1.82, 2.24) is 9.80 Å². The van der Waals surface area contributed by atoms with Crippen molar-refractivity contribution in [2.45, 2.75) is 103 Å². The van der Waals surface area contributed by atoms with Crippen molar-refractivity contribution in [2.75, 3.05) is 25.1 Å². The van der Waals surface area contributed by atoms with Crippen molar-refractivity contribution in [3.05, 3.63) is 35.4 Å². The highest BCUT2D eigenvalue weighted by Crippen LogP contribution is 2.54. The zero-order valence-electron chi connectivity index (χ0n) is 25.2. The van der Waals surface area contributed by atoms with E-state index in [-0.39, 0.29) is 35.2 Å². The van der Waals surface area contributed by atoms with E-state index in [1.54, 1.807) is 24.3 Å². The number of carbonyl (C=O) groups excluding carboxylic acids is 4. The summed E-state index contributed by atoms with van der Waals surface area (Å²) in [6, 6.07) is 4.56. The maximum Gasteiger partial charge on any atom is 0.352 e. The smallest absolute Gasteiger partial charge is 0.352 e. The molecular formula is C32H45N2O7P. The van der Waals surface area contributed by atoms with E-state index in [1.807, 2.05) is 0 Å². The summed E-state index contributed by atoms with van der Waals surface area (Å²) in [6.07, 6.45) is 8.76. The number of amides is 3. The van der Waals surface area contributed by atoms with E-state index < -0.39 is 48.8 Å². The summed E-state index contributed by atoms with van der Waals surface area (Å²) in [6.45, 7) is 4.48. The molecule has 0 saturated carbocycles. The van der Waals surface area contributed by atoms with Gasteiger partial charge in [0.05, 0.1) is 17.2 Å². The van der Waals surface area contributed by atoms with E-state index in [0.29, 0.717) is 13.0 Å². The Bertz CT molecular complexity index is 1210. The van der Waals surface area contributed by atoms with E-state index in [9.17, 15) is 29.1 Å². The maximum atomic E-state index is 14.1. The Labute approximate surface area is 248 Å². The number of carbonyl (C=O) groups is 5. The Hall–Kier alpha value is -2.77. The Morgan fingerprint density at radius 1 is 0.929 bits per heavy atom. The van der Waals surface area contributed by atoms with Gasteiger partial charge >= 0.3 is 5.97 Å². The minimum Gasteiger partial charge on any atom is -0.477 e. The second kappa shape index (κ2) is 14.1. The number of ketones is 1. The Morgan fingerprint density at radius 2 is 1.48 bits per heavy atom. The second-order valence-electron chi connectivity index (χ2n) is 11.8. The zero-order valence-corrected chi connectivity index (χ0v) is 26.1. The fourth-order valence-electron chi connectivity index (χ4n) is 6.67. The van der Waals surface area contributed by atoms with Crippen LogP contribution in [0.5, 0.6) is 0 Å². The van der Waals surface area contributed by atoms with Crippen molar-refractivity contribution < 1.29 is 33.8 Å².